The number of rotatable bonds is 4. The van der Waals surface area contributed by atoms with Gasteiger partial charge in [0, 0.05) is 30.6 Å². The molecular weight excluding hydrogens is 420 g/mol. The third-order valence-electron chi connectivity index (χ3n) is 7.54. The first kappa shape index (κ1) is 22.9. The number of nitrogens with zero attached hydrogens (tertiary/aromatic N) is 2. The van der Waals surface area contributed by atoms with Gasteiger partial charge >= 0.3 is 0 Å². The predicted octanol–water partition coefficient (Wildman–Crippen LogP) is 6.17. The minimum Gasteiger partial charge on any atom is -0.497 e. The molecule has 1 fully saturated rings. The fraction of sp³-hybridized carbons (Fsp3) is 0.433. The van der Waals surface area contributed by atoms with Crippen LogP contribution in [0.25, 0.3) is 10.8 Å². The van der Waals surface area contributed by atoms with Crippen molar-refractivity contribution in [3.63, 3.8) is 0 Å². The molecule has 2 aliphatic rings. The van der Waals surface area contributed by atoms with Crippen molar-refractivity contribution in [3.8, 4) is 5.75 Å². The Hall–Kier alpha value is -2.85. The van der Waals surface area contributed by atoms with E-state index in [2.05, 4.69) is 85.2 Å². The lowest BCUT2D eigenvalue weighted by atomic mass is 9.74. The third kappa shape index (κ3) is 4.44. The average Bonchev–Trinajstić information content (AvgIpc) is 3.13. The van der Waals surface area contributed by atoms with E-state index in [9.17, 15) is 4.79 Å². The van der Waals surface area contributed by atoms with E-state index in [0.717, 1.165) is 50.5 Å². The molecule has 5 rings (SSSR count). The molecule has 2 aliphatic heterocycles. The second-order valence-corrected chi connectivity index (χ2v) is 11.3. The van der Waals surface area contributed by atoms with Crippen molar-refractivity contribution in [2.75, 3.05) is 31.6 Å². The molecule has 0 aliphatic carbocycles. The highest BCUT2D eigenvalue weighted by molar-refractivity contribution is 5.97. The molecule has 0 unspecified atom stereocenters. The van der Waals surface area contributed by atoms with Crippen molar-refractivity contribution >= 4 is 22.4 Å². The van der Waals surface area contributed by atoms with Gasteiger partial charge in [0.25, 0.3) is 0 Å². The van der Waals surface area contributed by atoms with Gasteiger partial charge < -0.3 is 9.64 Å². The fourth-order valence-electron chi connectivity index (χ4n) is 5.71. The van der Waals surface area contributed by atoms with E-state index < -0.39 is 0 Å². The molecule has 0 aromatic heterocycles. The summed E-state index contributed by atoms with van der Waals surface area (Å²) in [6.07, 6.45) is 2.67. The number of methoxy groups -OCH3 is 1. The quantitative estimate of drug-likeness (QED) is 0.471. The van der Waals surface area contributed by atoms with E-state index in [0.29, 0.717) is 6.42 Å². The number of hydrogen-bond donors (Lipinski definition) is 0. The summed E-state index contributed by atoms with van der Waals surface area (Å²) in [4.78, 5) is 17.9. The lowest BCUT2D eigenvalue weighted by Gasteiger charge is -2.40. The molecule has 3 aromatic rings. The van der Waals surface area contributed by atoms with Crippen LogP contribution >= 0.6 is 0 Å². The number of ether oxygens (including phenoxy) is 1. The van der Waals surface area contributed by atoms with Crippen LogP contribution < -0.4 is 9.64 Å². The van der Waals surface area contributed by atoms with Crippen LogP contribution in [0.15, 0.2) is 60.7 Å². The largest absolute Gasteiger partial charge is 0.497 e. The van der Waals surface area contributed by atoms with E-state index in [-0.39, 0.29) is 16.7 Å². The number of likely N-dealkylation sites (tertiary alicyclic amines) is 1. The van der Waals surface area contributed by atoms with Crippen LogP contribution in [0.4, 0.5) is 5.69 Å². The van der Waals surface area contributed by atoms with Crippen molar-refractivity contribution < 1.29 is 9.53 Å². The molecule has 0 N–H and O–H groups in total. The normalized spacial score (nSPS) is 17.8. The molecule has 34 heavy (non-hydrogen) atoms. The van der Waals surface area contributed by atoms with E-state index in [1.165, 1.54) is 21.9 Å². The van der Waals surface area contributed by atoms with Gasteiger partial charge in [-0.05, 0) is 77.5 Å². The van der Waals surface area contributed by atoms with Crippen molar-refractivity contribution in [2.24, 2.45) is 5.41 Å². The van der Waals surface area contributed by atoms with E-state index in [1.807, 2.05) is 6.07 Å². The zero-order valence-corrected chi connectivity index (χ0v) is 20.9. The van der Waals surface area contributed by atoms with Gasteiger partial charge in [0.1, 0.15) is 5.75 Å². The van der Waals surface area contributed by atoms with Crippen LogP contribution in [0.3, 0.4) is 0 Å². The summed E-state index contributed by atoms with van der Waals surface area (Å²) in [7, 11) is 1.72. The van der Waals surface area contributed by atoms with Crippen LogP contribution in [0, 0.1) is 5.41 Å². The Morgan fingerprint density at radius 2 is 1.71 bits per heavy atom. The molecular formula is C30H36N2O2. The Morgan fingerprint density at radius 3 is 2.41 bits per heavy atom. The van der Waals surface area contributed by atoms with Gasteiger partial charge in [-0.3, -0.25) is 9.69 Å². The first-order chi connectivity index (χ1) is 16.3. The molecule has 2 heterocycles. The molecule has 1 saturated heterocycles. The smallest absolute Gasteiger partial charge is 0.227 e. The van der Waals surface area contributed by atoms with Crippen molar-refractivity contribution in [2.45, 2.75) is 52.0 Å². The van der Waals surface area contributed by atoms with Crippen LogP contribution in [0.2, 0.25) is 0 Å². The number of amides is 1. The average molecular weight is 457 g/mol. The van der Waals surface area contributed by atoms with Crippen molar-refractivity contribution in [3.05, 3.63) is 71.8 Å². The summed E-state index contributed by atoms with van der Waals surface area (Å²) in [5, 5.41) is 2.60. The molecule has 4 heteroatoms. The maximum Gasteiger partial charge on any atom is 0.227 e. The summed E-state index contributed by atoms with van der Waals surface area (Å²) in [6, 6.07) is 21.6. The molecule has 0 bridgehead atoms. The summed E-state index contributed by atoms with van der Waals surface area (Å²) in [6.45, 7) is 10.2. The minimum atomic E-state index is -0.0251. The van der Waals surface area contributed by atoms with Crippen LogP contribution in [0.1, 0.15) is 51.2 Å². The summed E-state index contributed by atoms with van der Waals surface area (Å²) in [5.74, 6) is 1.11. The molecule has 0 saturated carbocycles. The van der Waals surface area contributed by atoms with Crippen molar-refractivity contribution in [1.82, 2.24) is 4.90 Å². The van der Waals surface area contributed by atoms with E-state index in [4.69, 9.17) is 4.74 Å². The monoisotopic (exact) mass is 456 g/mol. The molecule has 1 amide bonds. The Labute approximate surface area is 203 Å². The number of benzene rings is 3. The van der Waals surface area contributed by atoms with Gasteiger partial charge in [-0.25, -0.2) is 0 Å². The molecule has 3 aromatic carbocycles. The van der Waals surface area contributed by atoms with E-state index >= 15 is 0 Å². The second-order valence-electron chi connectivity index (χ2n) is 11.3. The van der Waals surface area contributed by atoms with E-state index in [1.54, 1.807) is 7.11 Å². The summed E-state index contributed by atoms with van der Waals surface area (Å²) < 4.78 is 5.57. The first-order valence-corrected chi connectivity index (χ1v) is 12.5. The number of hydrogen-bond acceptors (Lipinski definition) is 3. The maximum absolute atomic E-state index is 13.3. The zero-order valence-electron chi connectivity index (χ0n) is 20.9. The highest BCUT2D eigenvalue weighted by Crippen LogP contribution is 2.49. The molecule has 0 atom stereocenters. The summed E-state index contributed by atoms with van der Waals surface area (Å²) in [5.41, 5.74) is 3.72. The van der Waals surface area contributed by atoms with Crippen LogP contribution in [-0.4, -0.2) is 37.6 Å². The highest BCUT2D eigenvalue weighted by Gasteiger charge is 2.46. The van der Waals surface area contributed by atoms with Gasteiger partial charge in [0.2, 0.25) is 5.91 Å². The zero-order chi connectivity index (χ0) is 23.9. The molecule has 178 valence electrons. The molecule has 1 spiro atoms. The Morgan fingerprint density at radius 1 is 0.971 bits per heavy atom. The lowest BCUT2D eigenvalue weighted by molar-refractivity contribution is -0.120. The van der Waals surface area contributed by atoms with Crippen LogP contribution in [0.5, 0.6) is 5.75 Å². The maximum atomic E-state index is 13.3. The number of carbonyl (C=O) groups excluding carboxylic acids is 1. The summed E-state index contributed by atoms with van der Waals surface area (Å²) >= 11 is 0. The van der Waals surface area contributed by atoms with Crippen LogP contribution in [-0.2, 0) is 16.8 Å². The van der Waals surface area contributed by atoms with Gasteiger partial charge in [-0.15, -0.1) is 0 Å². The second kappa shape index (κ2) is 8.74. The number of carbonyl (C=O) groups is 1. The van der Waals surface area contributed by atoms with Crippen molar-refractivity contribution in [1.29, 1.82) is 0 Å². The first-order valence-electron chi connectivity index (χ1n) is 12.5. The fourth-order valence-corrected chi connectivity index (χ4v) is 5.71. The Kier molecular flexibility index (Phi) is 5.89. The lowest BCUT2D eigenvalue weighted by Crippen LogP contribution is -2.46. The highest BCUT2D eigenvalue weighted by atomic mass is 16.5. The molecule has 0 radical (unpaired) electrons. The Balaban J connectivity index is 1.35. The molecule has 4 nitrogen and oxygen atoms in total. The minimum absolute atomic E-state index is 0.0112. The topological polar surface area (TPSA) is 32.8 Å². The number of piperidine rings is 1. The number of fused-ring (bicyclic) bond motifs is 3. The third-order valence-corrected chi connectivity index (χ3v) is 7.54. The number of anilines is 1. The Bertz CT molecular complexity index is 1200. The van der Waals surface area contributed by atoms with Gasteiger partial charge in [0.15, 0.2) is 0 Å². The van der Waals surface area contributed by atoms with Gasteiger partial charge in [-0.2, -0.15) is 0 Å². The SMILES string of the molecule is COc1ccc2c(c1)C1(CCN(Cc3ccc4ccccc4c3)CC1)CN2C(=O)CC(C)(C)C. The van der Waals surface area contributed by atoms with Gasteiger partial charge in [0.05, 0.1) is 7.11 Å². The van der Waals surface area contributed by atoms with Gasteiger partial charge in [-0.1, -0.05) is 57.2 Å². The predicted molar refractivity (Wildman–Crippen MR) is 140 cm³/mol. The standard InChI is InChI=1S/C30H36N2O2/c1-29(2,3)19-28(33)32-21-30(26-18-25(34-4)11-12-27(26)32)13-15-31(16-14-30)20-22-9-10-23-7-5-6-8-24(23)17-22/h5-12,17-18H,13-16,19-21H2,1-4H3.